The summed E-state index contributed by atoms with van der Waals surface area (Å²) in [4.78, 5) is 0. The van der Waals surface area contributed by atoms with Gasteiger partial charge in [0.2, 0.25) is 0 Å². The number of rotatable bonds is 3. The number of benzene rings is 1. The molecule has 0 amide bonds. The summed E-state index contributed by atoms with van der Waals surface area (Å²) < 4.78 is 5.87. The average Bonchev–Trinajstić information content (AvgIpc) is 2.37. The fourth-order valence-electron chi connectivity index (χ4n) is 2.33. The van der Waals surface area contributed by atoms with Gasteiger partial charge >= 0.3 is 0 Å². The van der Waals surface area contributed by atoms with Gasteiger partial charge in [-0.05, 0) is 42.5 Å². The van der Waals surface area contributed by atoms with Crippen LogP contribution in [-0.4, -0.2) is 19.7 Å². The van der Waals surface area contributed by atoms with Crippen LogP contribution in [0.1, 0.15) is 39.2 Å². The summed E-state index contributed by atoms with van der Waals surface area (Å²) in [5, 5.41) is 3.42. The topological polar surface area (TPSA) is 21.3 Å². The second-order valence-electron chi connectivity index (χ2n) is 6.30. The maximum Gasteiger partial charge on any atom is 0.119 e. The Morgan fingerprint density at radius 2 is 1.94 bits per heavy atom. The molecule has 1 atom stereocenters. The third-order valence-corrected chi connectivity index (χ3v) is 3.60. The standard InChI is InChI=1S/C16H25NO/c1-16(2,3)14-6-8-15(9-7-14)18-12-13-5-4-10-17-11-13/h6-9,13,17H,4-5,10-12H2,1-3H3. The summed E-state index contributed by atoms with van der Waals surface area (Å²) in [5.74, 6) is 1.66. The molecule has 1 fully saturated rings. The molecule has 2 heteroatoms. The predicted molar refractivity (Wildman–Crippen MR) is 76.2 cm³/mol. The van der Waals surface area contributed by atoms with Crippen molar-refractivity contribution in [3.05, 3.63) is 29.8 Å². The maximum atomic E-state index is 5.87. The van der Waals surface area contributed by atoms with Crippen molar-refractivity contribution in [3.63, 3.8) is 0 Å². The number of ether oxygens (including phenoxy) is 1. The van der Waals surface area contributed by atoms with Crippen molar-refractivity contribution in [1.82, 2.24) is 5.32 Å². The normalized spacial score (nSPS) is 20.7. The highest BCUT2D eigenvalue weighted by molar-refractivity contribution is 5.31. The highest BCUT2D eigenvalue weighted by Crippen LogP contribution is 2.24. The van der Waals surface area contributed by atoms with Gasteiger partial charge in [0.25, 0.3) is 0 Å². The number of piperidine rings is 1. The summed E-state index contributed by atoms with van der Waals surface area (Å²) in [6.07, 6.45) is 2.56. The molecule has 1 aliphatic rings. The molecule has 0 radical (unpaired) electrons. The first-order valence-electron chi connectivity index (χ1n) is 7.00. The molecule has 0 bridgehead atoms. The van der Waals surface area contributed by atoms with E-state index in [4.69, 9.17) is 4.74 Å². The van der Waals surface area contributed by atoms with Gasteiger partial charge in [0, 0.05) is 12.5 Å². The minimum atomic E-state index is 0.214. The number of nitrogens with one attached hydrogen (secondary N) is 1. The number of hydrogen-bond donors (Lipinski definition) is 1. The van der Waals surface area contributed by atoms with E-state index in [0.29, 0.717) is 5.92 Å². The Kier molecular flexibility index (Phi) is 4.28. The Bertz CT molecular complexity index is 358. The molecule has 18 heavy (non-hydrogen) atoms. The molecule has 0 aliphatic carbocycles. The predicted octanol–water partition coefficient (Wildman–Crippen LogP) is 3.36. The van der Waals surface area contributed by atoms with Crippen LogP contribution in [0.25, 0.3) is 0 Å². The molecule has 1 aromatic rings. The second-order valence-corrected chi connectivity index (χ2v) is 6.30. The highest BCUT2D eigenvalue weighted by atomic mass is 16.5. The molecule has 100 valence electrons. The third kappa shape index (κ3) is 3.74. The van der Waals surface area contributed by atoms with Crippen LogP contribution in [0.4, 0.5) is 0 Å². The summed E-state index contributed by atoms with van der Waals surface area (Å²) in [7, 11) is 0. The van der Waals surface area contributed by atoms with Crippen LogP contribution in [0.5, 0.6) is 5.75 Å². The van der Waals surface area contributed by atoms with E-state index in [1.165, 1.54) is 18.4 Å². The lowest BCUT2D eigenvalue weighted by Crippen LogP contribution is -2.33. The molecule has 1 heterocycles. The first-order valence-corrected chi connectivity index (χ1v) is 7.00. The van der Waals surface area contributed by atoms with Crippen molar-refractivity contribution in [2.75, 3.05) is 19.7 Å². The van der Waals surface area contributed by atoms with Crippen molar-refractivity contribution in [1.29, 1.82) is 0 Å². The van der Waals surface area contributed by atoms with E-state index in [-0.39, 0.29) is 5.41 Å². The van der Waals surface area contributed by atoms with Gasteiger partial charge < -0.3 is 10.1 Å². The first kappa shape index (κ1) is 13.4. The smallest absolute Gasteiger partial charge is 0.119 e. The van der Waals surface area contributed by atoms with E-state index >= 15 is 0 Å². The Balaban J connectivity index is 1.86. The lowest BCUT2D eigenvalue weighted by molar-refractivity contribution is 0.218. The van der Waals surface area contributed by atoms with Gasteiger partial charge in [-0.25, -0.2) is 0 Å². The van der Waals surface area contributed by atoms with Crippen molar-refractivity contribution in [2.24, 2.45) is 5.92 Å². The van der Waals surface area contributed by atoms with Gasteiger partial charge in [-0.15, -0.1) is 0 Å². The van der Waals surface area contributed by atoms with Crippen molar-refractivity contribution in [2.45, 2.75) is 39.0 Å². The average molecular weight is 247 g/mol. The molecule has 0 spiro atoms. The van der Waals surface area contributed by atoms with Gasteiger partial charge in [-0.1, -0.05) is 32.9 Å². The van der Waals surface area contributed by atoms with E-state index in [9.17, 15) is 0 Å². The summed E-state index contributed by atoms with van der Waals surface area (Å²) in [6, 6.07) is 8.54. The van der Waals surface area contributed by atoms with E-state index in [2.05, 4.69) is 50.4 Å². The quantitative estimate of drug-likeness (QED) is 0.884. The van der Waals surface area contributed by atoms with Crippen LogP contribution < -0.4 is 10.1 Å². The minimum Gasteiger partial charge on any atom is -0.493 e. The molecule has 1 N–H and O–H groups in total. The third-order valence-electron chi connectivity index (χ3n) is 3.60. The van der Waals surface area contributed by atoms with Crippen LogP contribution in [0.2, 0.25) is 0 Å². The largest absolute Gasteiger partial charge is 0.493 e. The molecule has 0 saturated carbocycles. The second kappa shape index (κ2) is 5.75. The molecular formula is C16H25NO. The van der Waals surface area contributed by atoms with E-state index in [0.717, 1.165) is 25.4 Å². The zero-order valence-electron chi connectivity index (χ0n) is 11.8. The first-order chi connectivity index (χ1) is 8.55. The maximum absolute atomic E-state index is 5.87. The van der Waals surface area contributed by atoms with E-state index < -0.39 is 0 Å². The van der Waals surface area contributed by atoms with Crippen molar-refractivity contribution >= 4 is 0 Å². The van der Waals surface area contributed by atoms with Crippen LogP contribution in [-0.2, 0) is 5.41 Å². The van der Waals surface area contributed by atoms with Crippen LogP contribution in [0.15, 0.2) is 24.3 Å². The SMILES string of the molecule is CC(C)(C)c1ccc(OCC2CCCNC2)cc1. The monoisotopic (exact) mass is 247 g/mol. The lowest BCUT2D eigenvalue weighted by atomic mass is 9.87. The minimum absolute atomic E-state index is 0.214. The van der Waals surface area contributed by atoms with Gasteiger partial charge in [0.15, 0.2) is 0 Å². The Labute approximate surface area is 111 Å². The van der Waals surface area contributed by atoms with Gasteiger partial charge in [0.1, 0.15) is 5.75 Å². The Morgan fingerprint density at radius 1 is 1.22 bits per heavy atom. The van der Waals surface area contributed by atoms with Gasteiger partial charge in [-0.3, -0.25) is 0 Å². The van der Waals surface area contributed by atoms with Crippen molar-refractivity contribution < 1.29 is 4.74 Å². The van der Waals surface area contributed by atoms with Gasteiger partial charge in [0.05, 0.1) is 6.61 Å². The fourth-order valence-corrected chi connectivity index (χ4v) is 2.33. The molecule has 2 nitrogen and oxygen atoms in total. The molecular weight excluding hydrogens is 222 g/mol. The van der Waals surface area contributed by atoms with Gasteiger partial charge in [-0.2, -0.15) is 0 Å². The van der Waals surface area contributed by atoms with Crippen molar-refractivity contribution in [3.8, 4) is 5.75 Å². The summed E-state index contributed by atoms with van der Waals surface area (Å²) in [5.41, 5.74) is 1.57. The molecule has 2 rings (SSSR count). The Morgan fingerprint density at radius 3 is 2.50 bits per heavy atom. The molecule has 1 saturated heterocycles. The fraction of sp³-hybridized carbons (Fsp3) is 0.625. The highest BCUT2D eigenvalue weighted by Gasteiger charge is 2.15. The summed E-state index contributed by atoms with van der Waals surface area (Å²) in [6.45, 7) is 9.79. The Hall–Kier alpha value is -1.02. The molecule has 1 aromatic carbocycles. The zero-order chi connectivity index (χ0) is 13.0. The molecule has 1 unspecified atom stereocenters. The van der Waals surface area contributed by atoms with Crippen LogP contribution in [0.3, 0.4) is 0 Å². The number of hydrogen-bond acceptors (Lipinski definition) is 2. The van der Waals surface area contributed by atoms with E-state index in [1.807, 2.05) is 0 Å². The van der Waals surface area contributed by atoms with E-state index in [1.54, 1.807) is 0 Å². The van der Waals surface area contributed by atoms with Crippen LogP contribution >= 0.6 is 0 Å². The summed E-state index contributed by atoms with van der Waals surface area (Å²) >= 11 is 0. The lowest BCUT2D eigenvalue weighted by Gasteiger charge is -2.23. The zero-order valence-corrected chi connectivity index (χ0v) is 11.8. The molecule has 1 aliphatic heterocycles. The molecule has 0 aromatic heterocycles. The van der Waals surface area contributed by atoms with Crippen LogP contribution in [0, 0.1) is 5.92 Å².